The highest BCUT2D eigenvalue weighted by molar-refractivity contribution is 14.0. The Morgan fingerprint density at radius 2 is 1.96 bits per heavy atom. The zero-order valence-electron chi connectivity index (χ0n) is 16.3. The van der Waals surface area contributed by atoms with Crippen molar-refractivity contribution in [2.45, 2.75) is 33.7 Å². The summed E-state index contributed by atoms with van der Waals surface area (Å²) in [5.74, 6) is 0.208. The molecule has 0 atom stereocenters. The number of carbonyl (C=O) groups excluding carboxylic acids is 1. The van der Waals surface area contributed by atoms with Gasteiger partial charge in [0.05, 0.1) is 18.7 Å². The van der Waals surface area contributed by atoms with Gasteiger partial charge in [-0.1, -0.05) is 12.1 Å². The van der Waals surface area contributed by atoms with E-state index in [1.807, 2.05) is 13.8 Å². The minimum Gasteiger partial charge on any atom is -0.357 e. The lowest BCUT2D eigenvalue weighted by molar-refractivity contribution is -0.120. The van der Waals surface area contributed by atoms with Crippen LogP contribution in [0.4, 0.5) is 4.39 Å². The first-order chi connectivity index (χ1) is 13.0. The van der Waals surface area contributed by atoms with Crippen LogP contribution in [0.2, 0.25) is 0 Å². The van der Waals surface area contributed by atoms with Crippen molar-refractivity contribution in [1.82, 2.24) is 20.9 Å². The second-order valence-corrected chi connectivity index (χ2v) is 7.32. The minimum absolute atomic E-state index is 0. The zero-order valence-corrected chi connectivity index (χ0v) is 19.5. The van der Waals surface area contributed by atoms with Crippen molar-refractivity contribution >= 4 is 47.2 Å². The molecule has 154 valence electrons. The Hall–Kier alpha value is -1.75. The maximum absolute atomic E-state index is 13.1. The summed E-state index contributed by atoms with van der Waals surface area (Å²) >= 11 is 1.65. The molecule has 0 saturated carbocycles. The molecule has 0 bridgehead atoms. The van der Waals surface area contributed by atoms with E-state index in [2.05, 4.69) is 32.9 Å². The van der Waals surface area contributed by atoms with E-state index < -0.39 is 0 Å². The Balaban J connectivity index is 0.00000392. The highest BCUT2D eigenvalue weighted by atomic mass is 127. The summed E-state index contributed by atoms with van der Waals surface area (Å²) in [5.41, 5.74) is 1.70. The fourth-order valence-corrected chi connectivity index (χ4v) is 3.23. The summed E-state index contributed by atoms with van der Waals surface area (Å²) in [7, 11) is 0. The van der Waals surface area contributed by atoms with E-state index in [1.165, 1.54) is 17.0 Å². The van der Waals surface area contributed by atoms with Gasteiger partial charge >= 0.3 is 0 Å². The molecule has 1 amide bonds. The van der Waals surface area contributed by atoms with Crippen molar-refractivity contribution in [3.63, 3.8) is 0 Å². The van der Waals surface area contributed by atoms with Crippen LogP contribution in [0.3, 0.4) is 0 Å². The quantitative estimate of drug-likeness (QED) is 0.217. The lowest BCUT2D eigenvalue weighted by Gasteiger charge is -2.11. The Kier molecular flexibility index (Phi) is 11.0. The molecule has 0 spiro atoms. The zero-order chi connectivity index (χ0) is 19.6. The van der Waals surface area contributed by atoms with Crippen molar-refractivity contribution in [2.24, 2.45) is 4.99 Å². The number of aryl methyl sites for hydroxylation is 2. The van der Waals surface area contributed by atoms with Crippen molar-refractivity contribution in [3.8, 4) is 0 Å². The number of amides is 1. The van der Waals surface area contributed by atoms with Gasteiger partial charge in [-0.3, -0.25) is 4.79 Å². The summed E-state index contributed by atoms with van der Waals surface area (Å²) in [4.78, 5) is 22.1. The second kappa shape index (κ2) is 12.7. The van der Waals surface area contributed by atoms with E-state index in [0.717, 1.165) is 17.2 Å². The van der Waals surface area contributed by atoms with Gasteiger partial charge in [0, 0.05) is 24.5 Å². The Morgan fingerprint density at radius 3 is 2.61 bits per heavy atom. The molecular weight excluding hydrogens is 492 g/mol. The number of halogens is 2. The van der Waals surface area contributed by atoms with Crippen LogP contribution in [0.5, 0.6) is 0 Å². The van der Waals surface area contributed by atoms with Crippen LogP contribution in [0.1, 0.15) is 28.1 Å². The van der Waals surface area contributed by atoms with E-state index in [9.17, 15) is 9.18 Å². The fourth-order valence-electron chi connectivity index (χ4n) is 2.37. The molecule has 0 saturated heterocycles. The van der Waals surface area contributed by atoms with Gasteiger partial charge in [-0.15, -0.1) is 35.3 Å². The van der Waals surface area contributed by atoms with Crippen molar-refractivity contribution in [2.75, 3.05) is 19.6 Å². The molecule has 1 aromatic carbocycles. The Morgan fingerprint density at radius 1 is 1.21 bits per heavy atom. The summed E-state index contributed by atoms with van der Waals surface area (Å²) in [6, 6.07) is 6.07. The first kappa shape index (κ1) is 24.3. The lowest BCUT2D eigenvalue weighted by Crippen LogP contribution is -2.41. The third-order valence-electron chi connectivity index (χ3n) is 3.78. The highest BCUT2D eigenvalue weighted by Gasteiger charge is 2.05. The smallest absolute Gasteiger partial charge is 0.224 e. The topological polar surface area (TPSA) is 78.4 Å². The molecule has 2 aromatic rings. The van der Waals surface area contributed by atoms with E-state index in [-0.39, 0.29) is 42.1 Å². The maximum Gasteiger partial charge on any atom is 0.224 e. The number of aromatic nitrogens is 1. The molecule has 3 N–H and O–H groups in total. The van der Waals surface area contributed by atoms with Crippen LogP contribution < -0.4 is 16.0 Å². The maximum atomic E-state index is 13.1. The summed E-state index contributed by atoms with van der Waals surface area (Å²) < 4.78 is 13.1. The monoisotopic (exact) mass is 519 g/mol. The summed E-state index contributed by atoms with van der Waals surface area (Å²) in [5, 5.41) is 10.1. The highest BCUT2D eigenvalue weighted by Crippen LogP contribution is 2.16. The van der Waals surface area contributed by atoms with E-state index >= 15 is 0 Å². The van der Waals surface area contributed by atoms with Gasteiger partial charge in [-0.05, 0) is 38.5 Å². The molecule has 28 heavy (non-hydrogen) atoms. The van der Waals surface area contributed by atoms with Crippen LogP contribution in [0, 0.1) is 19.7 Å². The number of benzene rings is 1. The molecule has 1 aromatic heterocycles. The van der Waals surface area contributed by atoms with Gasteiger partial charge in [-0.2, -0.15) is 0 Å². The van der Waals surface area contributed by atoms with E-state index in [0.29, 0.717) is 31.2 Å². The number of hydrogen-bond donors (Lipinski definition) is 3. The first-order valence-corrected chi connectivity index (χ1v) is 9.75. The number of aliphatic imine (C=N–C) groups is 1. The average Bonchev–Trinajstić information content (AvgIpc) is 2.94. The molecule has 0 fully saturated rings. The number of nitrogens with one attached hydrogen (secondary N) is 3. The number of hydrogen-bond acceptors (Lipinski definition) is 4. The molecule has 1 heterocycles. The third kappa shape index (κ3) is 8.51. The van der Waals surface area contributed by atoms with Crippen LogP contribution in [0.15, 0.2) is 29.3 Å². The van der Waals surface area contributed by atoms with Gasteiger partial charge in [0.25, 0.3) is 0 Å². The largest absolute Gasteiger partial charge is 0.357 e. The molecule has 6 nitrogen and oxygen atoms in total. The Labute approximate surface area is 186 Å². The van der Waals surface area contributed by atoms with Gasteiger partial charge < -0.3 is 16.0 Å². The summed E-state index contributed by atoms with van der Waals surface area (Å²) in [6.45, 7) is 8.29. The van der Waals surface area contributed by atoms with Crippen LogP contribution in [0.25, 0.3) is 0 Å². The van der Waals surface area contributed by atoms with Gasteiger partial charge in [0.1, 0.15) is 10.8 Å². The number of nitrogens with zero attached hydrogens (tertiary/aromatic N) is 2. The number of rotatable bonds is 8. The number of thiazole rings is 1. The van der Waals surface area contributed by atoms with Crippen molar-refractivity contribution in [1.29, 1.82) is 0 Å². The Bertz CT molecular complexity index is 777. The molecule has 9 heteroatoms. The molecule has 0 aliphatic heterocycles. The van der Waals surface area contributed by atoms with E-state index in [4.69, 9.17) is 0 Å². The van der Waals surface area contributed by atoms with Crippen LogP contribution in [-0.4, -0.2) is 36.5 Å². The standard InChI is InChI=1S/C19H26FN5OS.HI/c1-4-21-19(24-12-18-25-13(2)14(3)27-18)23-9-8-22-17(26)11-15-6-5-7-16(20)10-15;/h5-7,10H,4,8-9,11-12H2,1-3H3,(H,22,26)(H2,21,23,24);1H. The van der Waals surface area contributed by atoms with Gasteiger partial charge in [0.15, 0.2) is 5.96 Å². The minimum atomic E-state index is -0.334. The third-order valence-corrected chi connectivity index (χ3v) is 4.84. The first-order valence-electron chi connectivity index (χ1n) is 8.94. The van der Waals surface area contributed by atoms with E-state index in [1.54, 1.807) is 23.5 Å². The second-order valence-electron chi connectivity index (χ2n) is 6.03. The predicted octanol–water partition coefficient (Wildman–Crippen LogP) is 2.93. The average molecular weight is 519 g/mol. The summed E-state index contributed by atoms with van der Waals surface area (Å²) in [6.07, 6.45) is 0.161. The SMILES string of the molecule is CCNC(=NCc1nc(C)c(C)s1)NCCNC(=O)Cc1cccc(F)c1.I. The lowest BCUT2D eigenvalue weighted by atomic mass is 10.1. The number of carbonyl (C=O) groups is 1. The molecule has 0 aliphatic rings. The normalized spacial score (nSPS) is 10.9. The molecule has 0 radical (unpaired) electrons. The van der Waals surface area contributed by atoms with Crippen LogP contribution in [-0.2, 0) is 17.8 Å². The molecular formula is C19H27FIN5OS. The van der Waals surface area contributed by atoms with Crippen molar-refractivity contribution in [3.05, 3.63) is 51.2 Å². The molecule has 0 aliphatic carbocycles. The van der Waals surface area contributed by atoms with Gasteiger partial charge in [0.2, 0.25) is 5.91 Å². The van der Waals surface area contributed by atoms with Crippen molar-refractivity contribution < 1.29 is 9.18 Å². The van der Waals surface area contributed by atoms with Gasteiger partial charge in [-0.25, -0.2) is 14.4 Å². The molecule has 2 rings (SSSR count). The van der Waals surface area contributed by atoms with Crippen LogP contribution >= 0.6 is 35.3 Å². The number of guanidine groups is 1. The fraction of sp³-hybridized carbons (Fsp3) is 0.421. The predicted molar refractivity (Wildman–Crippen MR) is 123 cm³/mol. The molecule has 0 unspecified atom stereocenters.